The second-order valence-corrected chi connectivity index (χ2v) is 6.61. The average Bonchev–Trinajstić information content (AvgIpc) is 3.47. The highest BCUT2D eigenvalue weighted by molar-refractivity contribution is 5.87. The molecule has 128 valence electrons. The van der Waals surface area contributed by atoms with Crippen molar-refractivity contribution in [1.29, 1.82) is 0 Å². The fourth-order valence-electron chi connectivity index (χ4n) is 3.64. The molecule has 0 aliphatic heterocycles. The first-order chi connectivity index (χ1) is 12.8. The molecule has 3 heteroatoms. The zero-order chi connectivity index (χ0) is 17.8. The number of benzene rings is 3. The van der Waals surface area contributed by atoms with Crippen LogP contribution in [0.25, 0.3) is 0 Å². The van der Waals surface area contributed by atoms with Crippen molar-refractivity contribution in [2.24, 2.45) is 11.0 Å². The SMILES string of the molecule is O=C(NN=Cc1ccccc1)C1CC1(c1ccccc1)c1ccccc1. The molecule has 0 heterocycles. The lowest BCUT2D eigenvalue weighted by molar-refractivity contribution is -0.122. The van der Waals surface area contributed by atoms with E-state index in [2.05, 4.69) is 34.8 Å². The summed E-state index contributed by atoms with van der Waals surface area (Å²) in [5, 5.41) is 4.13. The third-order valence-electron chi connectivity index (χ3n) is 5.04. The normalized spacial score (nSPS) is 17.8. The molecule has 1 N–H and O–H groups in total. The van der Waals surface area contributed by atoms with Gasteiger partial charge in [0, 0.05) is 5.41 Å². The van der Waals surface area contributed by atoms with Crippen molar-refractivity contribution in [1.82, 2.24) is 5.43 Å². The van der Waals surface area contributed by atoms with E-state index in [9.17, 15) is 4.79 Å². The van der Waals surface area contributed by atoms with Crippen LogP contribution in [0.4, 0.5) is 0 Å². The van der Waals surface area contributed by atoms with Crippen LogP contribution in [-0.2, 0) is 10.2 Å². The first-order valence-electron chi connectivity index (χ1n) is 8.80. The van der Waals surface area contributed by atoms with Crippen molar-refractivity contribution in [3.8, 4) is 0 Å². The van der Waals surface area contributed by atoms with E-state index in [-0.39, 0.29) is 17.2 Å². The molecular weight excluding hydrogens is 320 g/mol. The van der Waals surface area contributed by atoms with Crippen LogP contribution in [0.3, 0.4) is 0 Å². The van der Waals surface area contributed by atoms with Gasteiger partial charge >= 0.3 is 0 Å². The number of carbonyl (C=O) groups excluding carboxylic acids is 1. The Bertz CT molecular complexity index is 865. The van der Waals surface area contributed by atoms with Gasteiger partial charge in [-0.15, -0.1) is 0 Å². The number of amides is 1. The summed E-state index contributed by atoms with van der Waals surface area (Å²) in [5.41, 5.74) is 5.78. The molecule has 1 atom stereocenters. The standard InChI is InChI=1S/C23H20N2O/c26-22(25-24-17-18-10-4-1-5-11-18)21-16-23(21,19-12-6-2-7-13-19)20-14-8-3-9-15-20/h1-15,17,21H,16H2,(H,25,26). The summed E-state index contributed by atoms with van der Waals surface area (Å²) in [6.45, 7) is 0. The molecule has 3 aromatic carbocycles. The highest BCUT2D eigenvalue weighted by atomic mass is 16.2. The predicted molar refractivity (Wildman–Crippen MR) is 104 cm³/mol. The quantitative estimate of drug-likeness (QED) is 0.550. The Morgan fingerprint density at radius 1 is 0.846 bits per heavy atom. The summed E-state index contributed by atoms with van der Waals surface area (Å²) in [5.74, 6) is -0.148. The van der Waals surface area contributed by atoms with Crippen molar-refractivity contribution in [3.05, 3.63) is 108 Å². The molecule has 0 radical (unpaired) electrons. The van der Waals surface area contributed by atoms with Crippen molar-refractivity contribution >= 4 is 12.1 Å². The summed E-state index contributed by atoms with van der Waals surface area (Å²) in [7, 11) is 0. The number of nitrogens with one attached hydrogen (secondary N) is 1. The molecule has 3 aromatic rings. The third-order valence-corrected chi connectivity index (χ3v) is 5.04. The molecule has 1 saturated carbocycles. The van der Waals surface area contributed by atoms with E-state index in [1.807, 2.05) is 66.7 Å². The fraction of sp³-hybridized carbons (Fsp3) is 0.130. The van der Waals surface area contributed by atoms with Gasteiger partial charge in [-0.05, 0) is 23.1 Å². The lowest BCUT2D eigenvalue weighted by atomic mass is 9.85. The maximum Gasteiger partial charge on any atom is 0.244 e. The molecule has 4 rings (SSSR count). The zero-order valence-corrected chi connectivity index (χ0v) is 14.4. The van der Waals surface area contributed by atoms with Gasteiger partial charge in [0.05, 0.1) is 12.1 Å². The number of hydrazone groups is 1. The minimum absolute atomic E-state index is 0.0371. The monoisotopic (exact) mass is 340 g/mol. The van der Waals surface area contributed by atoms with Gasteiger partial charge in [0.25, 0.3) is 0 Å². The van der Waals surface area contributed by atoms with Crippen molar-refractivity contribution in [3.63, 3.8) is 0 Å². The van der Waals surface area contributed by atoms with Gasteiger partial charge in [-0.25, -0.2) is 5.43 Å². The van der Waals surface area contributed by atoms with Crippen molar-refractivity contribution < 1.29 is 4.79 Å². The first kappa shape index (κ1) is 16.3. The summed E-state index contributed by atoms with van der Waals surface area (Å²) in [6, 6.07) is 30.3. The summed E-state index contributed by atoms with van der Waals surface area (Å²) in [6.07, 6.45) is 2.47. The van der Waals surface area contributed by atoms with Crippen LogP contribution in [0.1, 0.15) is 23.1 Å². The summed E-state index contributed by atoms with van der Waals surface area (Å²) >= 11 is 0. The van der Waals surface area contributed by atoms with Crippen molar-refractivity contribution in [2.75, 3.05) is 0 Å². The van der Waals surface area contributed by atoms with Crippen LogP contribution in [-0.4, -0.2) is 12.1 Å². The van der Waals surface area contributed by atoms with Gasteiger partial charge in [-0.1, -0.05) is 91.0 Å². The lowest BCUT2D eigenvalue weighted by Crippen LogP contribution is -2.25. The molecule has 0 spiro atoms. The molecule has 1 amide bonds. The highest BCUT2D eigenvalue weighted by Gasteiger charge is 2.60. The zero-order valence-electron chi connectivity index (χ0n) is 14.4. The van der Waals surface area contributed by atoms with E-state index in [1.165, 1.54) is 11.1 Å². The first-order valence-corrected chi connectivity index (χ1v) is 8.80. The van der Waals surface area contributed by atoms with E-state index in [4.69, 9.17) is 0 Å². The smallest absolute Gasteiger partial charge is 0.244 e. The topological polar surface area (TPSA) is 41.5 Å². The number of hydrogen-bond donors (Lipinski definition) is 1. The van der Waals surface area contributed by atoms with Gasteiger partial charge in [0.15, 0.2) is 0 Å². The molecule has 1 unspecified atom stereocenters. The largest absolute Gasteiger partial charge is 0.273 e. The second kappa shape index (κ2) is 6.96. The van der Waals surface area contributed by atoms with Crippen LogP contribution >= 0.6 is 0 Å². The van der Waals surface area contributed by atoms with Crippen molar-refractivity contribution in [2.45, 2.75) is 11.8 Å². The molecule has 26 heavy (non-hydrogen) atoms. The molecule has 0 saturated heterocycles. The number of carbonyl (C=O) groups is 1. The summed E-state index contributed by atoms with van der Waals surface area (Å²) < 4.78 is 0. The molecule has 0 bridgehead atoms. The second-order valence-electron chi connectivity index (χ2n) is 6.61. The van der Waals surface area contributed by atoms with Crippen LogP contribution < -0.4 is 5.43 Å². The van der Waals surface area contributed by atoms with E-state index >= 15 is 0 Å². The number of nitrogens with zero attached hydrogens (tertiary/aromatic N) is 1. The van der Waals surface area contributed by atoms with E-state index < -0.39 is 0 Å². The molecule has 3 nitrogen and oxygen atoms in total. The van der Waals surface area contributed by atoms with Gasteiger partial charge in [0.2, 0.25) is 5.91 Å². The van der Waals surface area contributed by atoms with Gasteiger partial charge < -0.3 is 0 Å². The number of hydrogen-bond acceptors (Lipinski definition) is 2. The van der Waals surface area contributed by atoms with Gasteiger partial charge in [-0.2, -0.15) is 5.10 Å². The minimum Gasteiger partial charge on any atom is -0.273 e. The Morgan fingerprint density at radius 2 is 1.35 bits per heavy atom. The van der Waals surface area contributed by atoms with Gasteiger partial charge in [-0.3, -0.25) is 4.79 Å². The maximum atomic E-state index is 12.7. The van der Waals surface area contributed by atoms with Crippen LogP contribution in [0.15, 0.2) is 96.1 Å². The van der Waals surface area contributed by atoms with Crippen LogP contribution in [0.5, 0.6) is 0 Å². The lowest BCUT2D eigenvalue weighted by Gasteiger charge is -2.18. The van der Waals surface area contributed by atoms with E-state index in [1.54, 1.807) is 6.21 Å². The molecule has 1 aliphatic rings. The Morgan fingerprint density at radius 3 is 1.88 bits per heavy atom. The highest BCUT2D eigenvalue weighted by Crippen LogP contribution is 2.58. The van der Waals surface area contributed by atoms with Crippen LogP contribution in [0, 0.1) is 5.92 Å². The van der Waals surface area contributed by atoms with E-state index in [0.29, 0.717) is 0 Å². The number of rotatable bonds is 5. The molecule has 1 fully saturated rings. The van der Waals surface area contributed by atoms with Gasteiger partial charge in [0.1, 0.15) is 0 Å². The Hall–Kier alpha value is -3.20. The minimum atomic E-state index is -0.255. The van der Waals surface area contributed by atoms with Crippen LogP contribution in [0.2, 0.25) is 0 Å². The maximum absolute atomic E-state index is 12.7. The molecule has 1 aliphatic carbocycles. The fourth-order valence-corrected chi connectivity index (χ4v) is 3.64. The third kappa shape index (κ3) is 3.04. The summed E-state index contributed by atoms with van der Waals surface area (Å²) in [4.78, 5) is 12.7. The van der Waals surface area contributed by atoms with E-state index in [0.717, 1.165) is 12.0 Å². The molecule has 0 aromatic heterocycles. The Kier molecular flexibility index (Phi) is 4.36. The Labute approximate surface area is 153 Å². The molecular formula is C23H20N2O. The average molecular weight is 340 g/mol. The predicted octanol–water partition coefficient (Wildman–Crippen LogP) is 4.14. The Balaban J connectivity index is 1.55.